The quantitative estimate of drug-likeness (QED) is 0.127. The van der Waals surface area contributed by atoms with Crippen LogP contribution in [0.15, 0.2) is 78.4 Å². The van der Waals surface area contributed by atoms with Gasteiger partial charge in [-0.1, -0.05) is 78.7 Å². The fourth-order valence-corrected chi connectivity index (χ4v) is 5.46. The Labute approximate surface area is 217 Å². The molecular weight excluding hydrogens is 496 g/mol. The Hall–Kier alpha value is -3.68. The first-order chi connectivity index (χ1) is 17.5. The number of benzene rings is 3. The molecule has 2 heterocycles. The summed E-state index contributed by atoms with van der Waals surface area (Å²) in [5.74, 6) is -1.12. The fraction of sp³-hybridized carbons (Fsp3) is 0.179. The van der Waals surface area contributed by atoms with E-state index < -0.39 is 17.7 Å². The molecule has 8 heteroatoms. The van der Waals surface area contributed by atoms with E-state index in [9.17, 15) is 14.7 Å². The molecule has 0 aliphatic carbocycles. The molecule has 1 aliphatic heterocycles. The number of hydrogen-bond acceptors (Lipinski definition) is 6. The highest BCUT2D eigenvalue weighted by Crippen LogP contribution is 2.45. The predicted octanol–water partition coefficient (Wildman–Crippen LogP) is 6.75. The lowest BCUT2D eigenvalue weighted by Gasteiger charge is -2.23. The number of ketones is 1. The number of unbranched alkanes of at least 4 members (excludes halogenated alkanes) is 1. The Morgan fingerprint density at radius 3 is 2.67 bits per heavy atom. The molecule has 0 bridgehead atoms. The number of Topliss-reactive ketones (excluding diaryl/α,β-unsaturated/α-hetero) is 1. The summed E-state index contributed by atoms with van der Waals surface area (Å²) >= 11 is 7.42. The van der Waals surface area contributed by atoms with Crippen LogP contribution in [0.4, 0.5) is 5.13 Å². The summed E-state index contributed by atoms with van der Waals surface area (Å²) < 4.78 is 6.68. The van der Waals surface area contributed by atoms with Crippen molar-refractivity contribution in [2.45, 2.75) is 25.8 Å². The number of amides is 1. The number of carbonyl (C=O) groups is 2. The molecule has 0 spiro atoms. The maximum absolute atomic E-state index is 13.4. The van der Waals surface area contributed by atoms with Crippen molar-refractivity contribution in [2.75, 3.05) is 11.5 Å². The molecule has 0 saturated carbocycles. The van der Waals surface area contributed by atoms with Gasteiger partial charge >= 0.3 is 5.91 Å². The van der Waals surface area contributed by atoms with Gasteiger partial charge in [-0.25, -0.2) is 4.98 Å². The van der Waals surface area contributed by atoms with Gasteiger partial charge in [0.25, 0.3) is 5.78 Å². The van der Waals surface area contributed by atoms with Gasteiger partial charge in [-0.05, 0) is 42.3 Å². The van der Waals surface area contributed by atoms with E-state index in [0.29, 0.717) is 39.2 Å². The first kappa shape index (κ1) is 24.0. The molecule has 5 rings (SSSR count). The number of ether oxygens (including phenoxy) is 1. The van der Waals surface area contributed by atoms with Crippen molar-refractivity contribution in [1.29, 1.82) is 0 Å². The average molecular weight is 519 g/mol. The number of anilines is 1. The summed E-state index contributed by atoms with van der Waals surface area (Å²) in [6.07, 6.45) is 1.91. The maximum Gasteiger partial charge on any atom is 0.301 e. The van der Waals surface area contributed by atoms with Crippen LogP contribution >= 0.6 is 22.9 Å². The number of carbonyl (C=O) groups excluding carboxylic acids is 2. The van der Waals surface area contributed by atoms with E-state index in [1.54, 1.807) is 42.5 Å². The first-order valence-electron chi connectivity index (χ1n) is 11.6. The number of aliphatic hydroxyl groups excluding tert-OH is 1. The van der Waals surface area contributed by atoms with E-state index in [2.05, 4.69) is 11.9 Å². The van der Waals surface area contributed by atoms with Gasteiger partial charge < -0.3 is 9.84 Å². The van der Waals surface area contributed by atoms with E-state index in [-0.39, 0.29) is 11.3 Å². The number of hydrogen-bond donors (Lipinski definition) is 1. The van der Waals surface area contributed by atoms with Gasteiger partial charge in [0, 0.05) is 10.6 Å². The second-order valence-corrected chi connectivity index (χ2v) is 9.86. The standard InChI is InChI=1S/C28H23ClN2O4S/c1-2-3-14-35-20-11-7-10-18(15-20)24-23(25(32)17-8-5-4-6-9-17)26(33)27(34)31(24)28-30-21-13-12-19(29)16-22(21)36-28/h4-13,15-16,24,32H,2-3,14H2,1H3/b25-23+. The van der Waals surface area contributed by atoms with Gasteiger partial charge in [-0.2, -0.15) is 0 Å². The summed E-state index contributed by atoms with van der Waals surface area (Å²) in [5.41, 5.74) is 1.76. The molecule has 1 aliphatic rings. The molecule has 1 saturated heterocycles. The summed E-state index contributed by atoms with van der Waals surface area (Å²) in [6.45, 7) is 2.64. The lowest BCUT2D eigenvalue weighted by Crippen LogP contribution is -2.29. The highest BCUT2D eigenvalue weighted by molar-refractivity contribution is 7.22. The highest BCUT2D eigenvalue weighted by atomic mass is 35.5. The topological polar surface area (TPSA) is 79.7 Å². The number of rotatable bonds is 7. The van der Waals surface area contributed by atoms with Gasteiger partial charge in [-0.15, -0.1) is 0 Å². The Kier molecular flexibility index (Phi) is 6.76. The van der Waals surface area contributed by atoms with Gasteiger partial charge in [0.15, 0.2) is 5.13 Å². The lowest BCUT2D eigenvalue weighted by molar-refractivity contribution is -0.132. The van der Waals surface area contributed by atoms with Crippen molar-refractivity contribution in [3.63, 3.8) is 0 Å². The number of aromatic nitrogens is 1. The van der Waals surface area contributed by atoms with E-state index >= 15 is 0 Å². The normalized spacial score (nSPS) is 17.2. The molecule has 1 N–H and O–H groups in total. The third-order valence-electron chi connectivity index (χ3n) is 5.98. The van der Waals surface area contributed by atoms with Gasteiger partial charge in [0.05, 0.1) is 28.4 Å². The molecular formula is C28H23ClN2O4S. The molecule has 4 aromatic rings. The van der Waals surface area contributed by atoms with E-state index in [4.69, 9.17) is 16.3 Å². The van der Waals surface area contributed by atoms with Crippen molar-refractivity contribution in [1.82, 2.24) is 4.98 Å². The van der Waals surface area contributed by atoms with Crippen molar-refractivity contribution in [2.24, 2.45) is 0 Å². The molecule has 3 aromatic carbocycles. The van der Waals surface area contributed by atoms with Crippen molar-refractivity contribution >= 4 is 55.7 Å². The van der Waals surface area contributed by atoms with Crippen LogP contribution in [0.3, 0.4) is 0 Å². The maximum atomic E-state index is 13.4. The SMILES string of the molecule is CCCCOc1cccc(C2/C(=C(\O)c3ccccc3)C(=O)C(=O)N2c2nc3ccc(Cl)cc3s2)c1. The van der Waals surface area contributed by atoms with Gasteiger partial charge in [-0.3, -0.25) is 14.5 Å². The number of aliphatic hydroxyl groups is 1. The smallest absolute Gasteiger partial charge is 0.301 e. The van der Waals surface area contributed by atoms with Crippen LogP contribution in [0.25, 0.3) is 16.0 Å². The Morgan fingerprint density at radius 2 is 1.89 bits per heavy atom. The van der Waals surface area contributed by atoms with E-state index in [1.165, 1.54) is 16.2 Å². The van der Waals surface area contributed by atoms with Crippen molar-refractivity contribution in [3.8, 4) is 5.75 Å². The Bertz CT molecular complexity index is 1480. The number of fused-ring (bicyclic) bond motifs is 1. The van der Waals surface area contributed by atoms with E-state index in [1.807, 2.05) is 30.3 Å². The molecule has 1 unspecified atom stereocenters. The van der Waals surface area contributed by atoms with Crippen LogP contribution in [0.1, 0.15) is 36.9 Å². The Morgan fingerprint density at radius 1 is 1.08 bits per heavy atom. The predicted molar refractivity (Wildman–Crippen MR) is 143 cm³/mol. The van der Waals surface area contributed by atoms with Gasteiger partial charge in [0.1, 0.15) is 11.5 Å². The molecule has 1 fully saturated rings. The molecule has 6 nitrogen and oxygen atoms in total. The van der Waals surface area contributed by atoms with Crippen molar-refractivity contribution in [3.05, 3.63) is 94.5 Å². The molecule has 36 heavy (non-hydrogen) atoms. The Balaban J connectivity index is 1.67. The number of nitrogens with zero attached hydrogens (tertiary/aromatic N) is 2. The van der Waals surface area contributed by atoms with E-state index in [0.717, 1.165) is 17.5 Å². The summed E-state index contributed by atoms with van der Waals surface area (Å²) in [7, 11) is 0. The molecule has 182 valence electrons. The largest absolute Gasteiger partial charge is 0.507 e. The number of halogens is 1. The molecule has 0 radical (unpaired) electrons. The summed E-state index contributed by atoms with van der Waals surface area (Å²) in [4.78, 5) is 32.8. The lowest BCUT2D eigenvalue weighted by atomic mass is 9.95. The van der Waals surface area contributed by atoms with Crippen LogP contribution in [-0.4, -0.2) is 28.4 Å². The third-order valence-corrected chi connectivity index (χ3v) is 7.23. The average Bonchev–Trinajstić information content (AvgIpc) is 3.42. The van der Waals surface area contributed by atoms with Crippen LogP contribution in [0, 0.1) is 0 Å². The molecule has 1 aromatic heterocycles. The molecule has 1 amide bonds. The summed E-state index contributed by atoms with van der Waals surface area (Å²) in [6, 6.07) is 20.4. The second kappa shape index (κ2) is 10.1. The highest BCUT2D eigenvalue weighted by Gasteiger charge is 2.48. The van der Waals surface area contributed by atoms with Crippen LogP contribution in [0.5, 0.6) is 5.75 Å². The minimum atomic E-state index is -0.879. The number of thiazole rings is 1. The second-order valence-electron chi connectivity index (χ2n) is 8.42. The van der Waals surface area contributed by atoms with Gasteiger partial charge in [0.2, 0.25) is 0 Å². The zero-order chi connectivity index (χ0) is 25.2. The van der Waals surface area contributed by atoms with Crippen molar-refractivity contribution < 1.29 is 19.4 Å². The monoisotopic (exact) mass is 518 g/mol. The minimum absolute atomic E-state index is 0.00852. The zero-order valence-electron chi connectivity index (χ0n) is 19.5. The minimum Gasteiger partial charge on any atom is -0.507 e. The molecule has 1 atom stereocenters. The van der Waals surface area contributed by atoms with Crippen LogP contribution in [-0.2, 0) is 9.59 Å². The summed E-state index contributed by atoms with van der Waals surface area (Å²) in [5, 5.41) is 12.1. The zero-order valence-corrected chi connectivity index (χ0v) is 21.1. The third kappa shape index (κ3) is 4.47. The van der Waals surface area contributed by atoms with Crippen LogP contribution < -0.4 is 9.64 Å². The van der Waals surface area contributed by atoms with Crippen LogP contribution in [0.2, 0.25) is 5.02 Å². The fourth-order valence-electron chi connectivity index (χ4n) is 4.19. The first-order valence-corrected chi connectivity index (χ1v) is 12.8.